The van der Waals surface area contributed by atoms with Crippen molar-refractivity contribution in [3.05, 3.63) is 0 Å². The van der Waals surface area contributed by atoms with Crippen LogP contribution in [0, 0.1) is 0 Å². The van der Waals surface area contributed by atoms with Crippen molar-refractivity contribution in [3.63, 3.8) is 0 Å². The molecule has 5 nitrogen and oxygen atoms in total. The highest BCUT2D eigenvalue weighted by Gasteiger charge is 2.18. The van der Waals surface area contributed by atoms with Gasteiger partial charge in [-0.1, -0.05) is 0 Å². The van der Waals surface area contributed by atoms with Crippen LogP contribution in [-0.4, -0.2) is 51.2 Å². The molecule has 8 heteroatoms. The molecule has 2 rings (SSSR count). The van der Waals surface area contributed by atoms with E-state index in [1.807, 2.05) is 11.8 Å². The van der Waals surface area contributed by atoms with Gasteiger partial charge >= 0.3 is 0 Å². The molecule has 0 N–H and O–H groups in total. The number of aromatic nitrogens is 2. The minimum Gasteiger partial charge on any atom is -0.466 e. The Balaban J connectivity index is 1.87. The van der Waals surface area contributed by atoms with Gasteiger partial charge in [0.25, 0.3) is 10.4 Å². The second-order valence-corrected chi connectivity index (χ2v) is 6.89. The summed E-state index contributed by atoms with van der Waals surface area (Å²) in [7, 11) is 3.41. The molecule has 1 amide bonds. The van der Waals surface area contributed by atoms with Gasteiger partial charge < -0.3 is 9.64 Å². The molecule has 1 fully saturated rings. The minimum absolute atomic E-state index is 0.0755. The number of carbonyl (C=O) groups is 1. The fourth-order valence-corrected chi connectivity index (χ4v) is 3.74. The van der Waals surface area contributed by atoms with Gasteiger partial charge in [0.15, 0.2) is 0 Å². The topological polar surface area (TPSA) is 55.3 Å². The average Bonchev–Trinajstić information content (AvgIpc) is 2.77. The maximum Gasteiger partial charge on any atom is 0.294 e. The lowest BCUT2D eigenvalue weighted by molar-refractivity contribution is 0.190. The molecule has 18 heavy (non-hydrogen) atoms. The summed E-state index contributed by atoms with van der Waals surface area (Å²) >= 11 is 4.20. The molecule has 1 aromatic rings. The Morgan fingerprint density at radius 2 is 2.17 bits per heavy atom. The summed E-state index contributed by atoms with van der Waals surface area (Å²) in [4.78, 5) is 17.2. The second-order valence-electron chi connectivity index (χ2n) is 4.03. The van der Waals surface area contributed by atoms with Crippen LogP contribution >= 0.6 is 35.1 Å². The van der Waals surface area contributed by atoms with Gasteiger partial charge in [0.05, 0.1) is 0 Å². The standard InChI is InChI=1S/C10H15N3O2S3/c1-13(2)10(14)17-8-11-9(18-12-8)15-7-3-5-16-6-4-7/h7H,3-6H2,1-2H3. The van der Waals surface area contributed by atoms with E-state index in [9.17, 15) is 4.79 Å². The van der Waals surface area contributed by atoms with Crippen LogP contribution in [-0.2, 0) is 0 Å². The summed E-state index contributed by atoms with van der Waals surface area (Å²) in [5.41, 5.74) is 0. The maximum atomic E-state index is 11.5. The third kappa shape index (κ3) is 4.03. The van der Waals surface area contributed by atoms with E-state index < -0.39 is 0 Å². The Bertz CT molecular complexity index is 405. The van der Waals surface area contributed by atoms with E-state index in [1.165, 1.54) is 16.4 Å². The van der Waals surface area contributed by atoms with Crippen molar-refractivity contribution in [2.45, 2.75) is 24.1 Å². The van der Waals surface area contributed by atoms with Crippen molar-refractivity contribution in [3.8, 4) is 5.19 Å². The Hall–Kier alpha value is -0.470. The van der Waals surface area contributed by atoms with Gasteiger partial charge in [0.2, 0.25) is 5.16 Å². The third-order valence-electron chi connectivity index (χ3n) is 2.37. The van der Waals surface area contributed by atoms with Crippen LogP contribution in [0.2, 0.25) is 0 Å². The average molecular weight is 305 g/mol. The van der Waals surface area contributed by atoms with Gasteiger partial charge in [-0.15, -0.1) is 0 Å². The zero-order chi connectivity index (χ0) is 13.0. The van der Waals surface area contributed by atoms with Crippen LogP contribution in [0.25, 0.3) is 0 Å². The molecule has 1 aromatic heterocycles. The Kier molecular flexibility index (Phi) is 5.13. The number of hydrogen-bond donors (Lipinski definition) is 0. The van der Waals surface area contributed by atoms with Crippen molar-refractivity contribution in [2.75, 3.05) is 25.6 Å². The number of amides is 1. The molecule has 0 bridgehead atoms. The van der Waals surface area contributed by atoms with Gasteiger partial charge in [0, 0.05) is 37.4 Å². The van der Waals surface area contributed by atoms with E-state index in [0.29, 0.717) is 10.4 Å². The summed E-state index contributed by atoms with van der Waals surface area (Å²) in [6.07, 6.45) is 2.37. The molecular formula is C10H15N3O2S3. The van der Waals surface area contributed by atoms with Gasteiger partial charge in [-0.25, -0.2) is 0 Å². The smallest absolute Gasteiger partial charge is 0.294 e. The lowest BCUT2D eigenvalue weighted by Crippen LogP contribution is -2.21. The Morgan fingerprint density at radius 1 is 1.44 bits per heavy atom. The number of rotatable bonds is 3. The number of thioether (sulfide) groups is 2. The highest BCUT2D eigenvalue weighted by Crippen LogP contribution is 2.27. The first kappa shape index (κ1) is 14.0. The second kappa shape index (κ2) is 6.63. The number of carbonyl (C=O) groups excluding carboxylic acids is 1. The first-order chi connectivity index (χ1) is 8.65. The highest BCUT2D eigenvalue weighted by atomic mass is 32.2. The monoisotopic (exact) mass is 305 g/mol. The molecule has 0 unspecified atom stereocenters. The molecule has 0 atom stereocenters. The molecule has 1 aliphatic heterocycles. The summed E-state index contributed by atoms with van der Waals surface area (Å²) in [6, 6.07) is 0. The van der Waals surface area contributed by atoms with Gasteiger partial charge in [-0.05, 0) is 24.3 Å². The number of nitrogens with zero attached hydrogens (tertiary/aromatic N) is 3. The third-order valence-corrected chi connectivity index (χ3v) is 5.05. The zero-order valence-corrected chi connectivity index (χ0v) is 12.7. The largest absolute Gasteiger partial charge is 0.466 e. The van der Waals surface area contributed by atoms with E-state index in [-0.39, 0.29) is 11.3 Å². The first-order valence-corrected chi connectivity index (χ1v) is 8.37. The van der Waals surface area contributed by atoms with Gasteiger partial charge in [0.1, 0.15) is 6.10 Å². The highest BCUT2D eigenvalue weighted by molar-refractivity contribution is 8.13. The predicted molar refractivity (Wildman–Crippen MR) is 75.8 cm³/mol. The van der Waals surface area contributed by atoms with Crippen LogP contribution < -0.4 is 4.74 Å². The lowest BCUT2D eigenvalue weighted by atomic mass is 10.2. The first-order valence-electron chi connectivity index (χ1n) is 5.62. The summed E-state index contributed by atoms with van der Waals surface area (Å²) in [6.45, 7) is 0. The van der Waals surface area contributed by atoms with Crippen molar-refractivity contribution >= 4 is 40.3 Å². The van der Waals surface area contributed by atoms with Crippen molar-refractivity contribution in [1.82, 2.24) is 14.3 Å². The van der Waals surface area contributed by atoms with Crippen LogP contribution in [0.5, 0.6) is 5.19 Å². The van der Waals surface area contributed by atoms with Crippen molar-refractivity contribution in [2.24, 2.45) is 0 Å². The van der Waals surface area contributed by atoms with Gasteiger partial charge in [-0.2, -0.15) is 21.1 Å². The Labute approximate surface area is 119 Å². The fraction of sp³-hybridized carbons (Fsp3) is 0.700. The maximum absolute atomic E-state index is 11.5. The normalized spacial score (nSPS) is 16.6. The molecule has 0 aliphatic carbocycles. The van der Waals surface area contributed by atoms with Crippen molar-refractivity contribution in [1.29, 1.82) is 0 Å². The molecule has 2 heterocycles. The van der Waals surface area contributed by atoms with E-state index in [0.717, 1.165) is 36.1 Å². The molecule has 0 radical (unpaired) electrons. The minimum atomic E-state index is -0.0755. The zero-order valence-electron chi connectivity index (χ0n) is 10.3. The fourth-order valence-electron chi connectivity index (χ4n) is 1.39. The van der Waals surface area contributed by atoms with Gasteiger partial charge in [-0.3, -0.25) is 4.79 Å². The van der Waals surface area contributed by atoms with Crippen LogP contribution in [0.4, 0.5) is 4.79 Å². The molecule has 1 saturated heterocycles. The van der Waals surface area contributed by atoms with E-state index in [1.54, 1.807) is 14.1 Å². The SMILES string of the molecule is CN(C)C(=O)Sc1nsc(OC2CCSCC2)n1. The quantitative estimate of drug-likeness (QED) is 0.800. The molecule has 1 aliphatic rings. The summed E-state index contributed by atoms with van der Waals surface area (Å²) in [5, 5.41) is 0.966. The van der Waals surface area contributed by atoms with E-state index >= 15 is 0 Å². The number of ether oxygens (including phenoxy) is 1. The molecule has 0 aromatic carbocycles. The molecule has 0 saturated carbocycles. The van der Waals surface area contributed by atoms with E-state index in [4.69, 9.17) is 4.74 Å². The molecule has 100 valence electrons. The van der Waals surface area contributed by atoms with Crippen LogP contribution in [0.15, 0.2) is 5.16 Å². The number of hydrogen-bond acceptors (Lipinski definition) is 7. The molecule has 0 spiro atoms. The Morgan fingerprint density at radius 3 is 2.83 bits per heavy atom. The van der Waals surface area contributed by atoms with E-state index in [2.05, 4.69) is 9.36 Å². The van der Waals surface area contributed by atoms with Crippen LogP contribution in [0.1, 0.15) is 12.8 Å². The van der Waals surface area contributed by atoms with Crippen LogP contribution in [0.3, 0.4) is 0 Å². The summed E-state index contributed by atoms with van der Waals surface area (Å²) in [5.74, 6) is 2.29. The molecular weight excluding hydrogens is 290 g/mol. The summed E-state index contributed by atoms with van der Waals surface area (Å²) < 4.78 is 9.89. The predicted octanol–water partition coefficient (Wildman–Crippen LogP) is 2.59. The lowest BCUT2D eigenvalue weighted by Gasteiger charge is -2.20. The van der Waals surface area contributed by atoms with Crippen molar-refractivity contribution < 1.29 is 9.53 Å².